The van der Waals surface area contributed by atoms with Crippen LogP contribution in [-0.4, -0.2) is 22.8 Å². The first-order chi connectivity index (χ1) is 9.74. The molecule has 0 spiro atoms. The highest BCUT2D eigenvalue weighted by Gasteiger charge is 2.25. The standard InChI is InChI=1S/C16H17NO3/c18-14-7-3-4-8-15(14)20-16(19)9-11-10-17-13-6-2-1-5-12(11)13/h1-2,5-6,10,15,17H,3-4,7-9H2/t15-/m0/s1. The van der Waals surface area contributed by atoms with E-state index in [1.165, 1.54) is 0 Å². The van der Waals surface area contributed by atoms with E-state index in [1.807, 2.05) is 30.5 Å². The number of carbonyl (C=O) groups is 2. The summed E-state index contributed by atoms with van der Waals surface area (Å²) in [5, 5.41) is 1.03. The second-order valence-corrected chi connectivity index (χ2v) is 5.23. The molecule has 0 unspecified atom stereocenters. The van der Waals surface area contributed by atoms with Gasteiger partial charge >= 0.3 is 5.97 Å². The summed E-state index contributed by atoms with van der Waals surface area (Å²) in [4.78, 5) is 26.8. The van der Waals surface area contributed by atoms with Crippen LogP contribution in [0.15, 0.2) is 30.5 Å². The number of para-hydroxylation sites is 1. The Bertz CT molecular complexity index is 644. The summed E-state index contributed by atoms with van der Waals surface area (Å²) in [6, 6.07) is 7.83. The van der Waals surface area contributed by atoms with Gasteiger partial charge in [-0.05, 0) is 30.9 Å². The fourth-order valence-electron chi connectivity index (χ4n) is 2.71. The van der Waals surface area contributed by atoms with Crippen LogP contribution in [-0.2, 0) is 20.7 Å². The molecule has 3 rings (SSSR count). The number of Topliss-reactive ketones (excluding diaryl/α,β-unsaturated/α-hetero) is 1. The molecule has 1 aromatic heterocycles. The summed E-state index contributed by atoms with van der Waals surface area (Å²) in [5.74, 6) is -0.265. The Morgan fingerprint density at radius 3 is 3.00 bits per heavy atom. The lowest BCUT2D eigenvalue weighted by molar-refractivity contribution is -0.156. The second-order valence-electron chi connectivity index (χ2n) is 5.23. The molecule has 1 aliphatic rings. The zero-order chi connectivity index (χ0) is 13.9. The predicted molar refractivity (Wildman–Crippen MR) is 75.4 cm³/mol. The number of rotatable bonds is 3. The Hall–Kier alpha value is -2.10. The lowest BCUT2D eigenvalue weighted by Gasteiger charge is -2.20. The highest BCUT2D eigenvalue weighted by atomic mass is 16.5. The molecule has 1 saturated carbocycles. The molecule has 1 atom stereocenters. The Morgan fingerprint density at radius 2 is 2.15 bits per heavy atom. The molecule has 0 saturated heterocycles. The maximum absolute atomic E-state index is 12.0. The highest BCUT2D eigenvalue weighted by molar-refractivity contribution is 5.89. The van der Waals surface area contributed by atoms with Crippen LogP contribution >= 0.6 is 0 Å². The molecule has 1 fully saturated rings. The Balaban J connectivity index is 1.68. The van der Waals surface area contributed by atoms with E-state index in [1.54, 1.807) is 0 Å². The minimum absolute atomic E-state index is 0.0588. The zero-order valence-corrected chi connectivity index (χ0v) is 11.2. The summed E-state index contributed by atoms with van der Waals surface area (Å²) in [6.45, 7) is 0. The van der Waals surface area contributed by atoms with Crippen LogP contribution in [0.3, 0.4) is 0 Å². The summed E-state index contributed by atoms with van der Waals surface area (Å²) in [5.41, 5.74) is 1.91. The van der Waals surface area contributed by atoms with Gasteiger partial charge in [-0.15, -0.1) is 0 Å². The van der Waals surface area contributed by atoms with Gasteiger partial charge in [0.2, 0.25) is 0 Å². The number of nitrogens with one attached hydrogen (secondary N) is 1. The van der Waals surface area contributed by atoms with Gasteiger partial charge in [0, 0.05) is 23.5 Å². The van der Waals surface area contributed by atoms with Gasteiger partial charge in [-0.25, -0.2) is 0 Å². The fraction of sp³-hybridized carbons (Fsp3) is 0.375. The molecule has 104 valence electrons. The van der Waals surface area contributed by atoms with Crippen molar-refractivity contribution < 1.29 is 14.3 Å². The van der Waals surface area contributed by atoms with Gasteiger partial charge in [0.05, 0.1) is 6.42 Å². The van der Waals surface area contributed by atoms with Gasteiger partial charge in [-0.2, -0.15) is 0 Å². The average Bonchev–Trinajstić information content (AvgIpc) is 2.85. The predicted octanol–water partition coefficient (Wildman–Crippen LogP) is 2.77. The molecule has 2 aromatic rings. The number of hydrogen-bond donors (Lipinski definition) is 1. The van der Waals surface area contributed by atoms with Crippen LogP contribution in [0.25, 0.3) is 10.9 Å². The number of esters is 1. The van der Waals surface area contributed by atoms with Gasteiger partial charge in [-0.3, -0.25) is 9.59 Å². The van der Waals surface area contributed by atoms with E-state index in [0.29, 0.717) is 12.8 Å². The van der Waals surface area contributed by atoms with Crippen molar-refractivity contribution >= 4 is 22.7 Å². The van der Waals surface area contributed by atoms with E-state index in [9.17, 15) is 9.59 Å². The largest absolute Gasteiger partial charge is 0.454 e. The molecule has 1 N–H and O–H groups in total. The number of carbonyl (C=O) groups excluding carboxylic acids is 2. The molecule has 0 amide bonds. The number of aromatic amines is 1. The van der Waals surface area contributed by atoms with Gasteiger partial charge in [-0.1, -0.05) is 18.2 Å². The smallest absolute Gasteiger partial charge is 0.311 e. The van der Waals surface area contributed by atoms with Crippen molar-refractivity contribution in [3.63, 3.8) is 0 Å². The summed E-state index contributed by atoms with van der Waals surface area (Å²) in [6.07, 6.45) is 4.57. The average molecular weight is 271 g/mol. The van der Waals surface area contributed by atoms with Gasteiger partial charge < -0.3 is 9.72 Å². The first-order valence-corrected chi connectivity index (χ1v) is 7.01. The zero-order valence-electron chi connectivity index (χ0n) is 11.2. The van der Waals surface area contributed by atoms with Crippen LogP contribution in [0, 0.1) is 0 Å². The van der Waals surface area contributed by atoms with Crippen molar-refractivity contribution in [1.82, 2.24) is 4.98 Å². The Labute approximate surface area is 117 Å². The van der Waals surface area contributed by atoms with Crippen LogP contribution in [0.4, 0.5) is 0 Å². The quantitative estimate of drug-likeness (QED) is 0.873. The van der Waals surface area contributed by atoms with E-state index in [4.69, 9.17) is 4.74 Å². The fourth-order valence-corrected chi connectivity index (χ4v) is 2.71. The molecular formula is C16H17NO3. The maximum atomic E-state index is 12.0. The van der Waals surface area contributed by atoms with Gasteiger partial charge in [0.15, 0.2) is 11.9 Å². The minimum atomic E-state index is -0.526. The lowest BCUT2D eigenvalue weighted by Crippen LogP contribution is -2.30. The first-order valence-electron chi connectivity index (χ1n) is 7.01. The Morgan fingerprint density at radius 1 is 1.30 bits per heavy atom. The van der Waals surface area contributed by atoms with Crippen molar-refractivity contribution in [3.8, 4) is 0 Å². The number of hydrogen-bond acceptors (Lipinski definition) is 3. The van der Waals surface area contributed by atoms with Gasteiger partial charge in [0.25, 0.3) is 0 Å². The summed E-state index contributed by atoms with van der Waals surface area (Å²) in [7, 11) is 0. The van der Waals surface area contributed by atoms with Crippen molar-refractivity contribution in [2.24, 2.45) is 0 Å². The molecular weight excluding hydrogens is 254 g/mol. The monoisotopic (exact) mass is 271 g/mol. The van der Waals surface area contributed by atoms with Crippen LogP contribution in [0.1, 0.15) is 31.2 Å². The number of fused-ring (bicyclic) bond motifs is 1. The molecule has 20 heavy (non-hydrogen) atoms. The second kappa shape index (κ2) is 5.49. The topological polar surface area (TPSA) is 59.2 Å². The number of ether oxygens (including phenoxy) is 1. The van der Waals surface area contributed by atoms with Crippen molar-refractivity contribution in [1.29, 1.82) is 0 Å². The third-order valence-corrected chi connectivity index (χ3v) is 3.78. The molecule has 0 bridgehead atoms. The van der Waals surface area contributed by atoms with E-state index in [2.05, 4.69) is 4.98 Å². The van der Waals surface area contributed by atoms with E-state index in [0.717, 1.165) is 29.3 Å². The van der Waals surface area contributed by atoms with Gasteiger partial charge in [0.1, 0.15) is 0 Å². The molecule has 1 aliphatic carbocycles. The summed E-state index contributed by atoms with van der Waals surface area (Å²) < 4.78 is 5.32. The number of H-pyrrole nitrogens is 1. The molecule has 0 radical (unpaired) electrons. The van der Waals surface area contributed by atoms with Crippen molar-refractivity contribution in [3.05, 3.63) is 36.0 Å². The molecule has 1 aromatic carbocycles. The van der Waals surface area contributed by atoms with E-state index >= 15 is 0 Å². The minimum Gasteiger partial charge on any atom is -0.454 e. The molecule has 0 aliphatic heterocycles. The maximum Gasteiger partial charge on any atom is 0.311 e. The van der Waals surface area contributed by atoms with Crippen molar-refractivity contribution in [2.45, 2.75) is 38.2 Å². The van der Waals surface area contributed by atoms with Crippen LogP contribution in [0.5, 0.6) is 0 Å². The molecule has 4 heteroatoms. The molecule has 4 nitrogen and oxygen atoms in total. The highest BCUT2D eigenvalue weighted by Crippen LogP contribution is 2.21. The van der Waals surface area contributed by atoms with E-state index < -0.39 is 6.10 Å². The number of ketones is 1. The third-order valence-electron chi connectivity index (χ3n) is 3.78. The SMILES string of the molecule is O=C(Cc1c[nH]c2ccccc12)O[C@H]1CCCCC1=O. The van der Waals surface area contributed by atoms with Crippen LogP contribution < -0.4 is 0 Å². The lowest BCUT2D eigenvalue weighted by atomic mass is 9.96. The summed E-state index contributed by atoms with van der Waals surface area (Å²) >= 11 is 0. The Kier molecular flexibility index (Phi) is 3.54. The van der Waals surface area contributed by atoms with Crippen molar-refractivity contribution in [2.75, 3.05) is 0 Å². The number of aromatic nitrogens is 1. The normalized spacial score (nSPS) is 19.2. The first kappa shape index (κ1) is 12.9. The van der Waals surface area contributed by atoms with E-state index in [-0.39, 0.29) is 18.2 Å². The third kappa shape index (κ3) is 2.59. The molecule has 1 heterocycles. The number of benzene rings is 1. The van der Waals surface area contributed by atoms with Crippen LogP contribution in [0.2, 0.25) is 0 Å².